The minimum Gasteiger partial charge on any atom is -0.462 e. The molecule has 0 saturated carbocycles. The predicted molar refractivity (Wildman–Crippen MR) is 90.4 cm³/mol. The molecule has 1 rings (SSSR count). The highest BCUT2D eigenvalue weighted by Gasteiger charge is 2.19. The van der Waals surface area contributed by atoms with Gasteiger partial charge in [0, 0.05) is 5.92 Å². The molecule has 1 aromatic rings. The summed E-state index contributed by atoms with van der Waals surface area (Å²) in [6.07, 6.45) is 5.88. The molecule has 4 nitrogen and oxygen atoms in total. The van der Waals surface area contributed by atoms with E-state index in [1.807, 2.05) is 6.92 Å². The van der Waals surface area contributed by atoms with E-state index >= 15 is 0 Å². The van der Waals surface area contributed by atoms with Crippen molar-refractivity contribution in [1.29, 1.82) is 0 Å². The Kier molecular flexibility index (Phi) is 8.43. The summed E-state index contributed by atoms with van der Waals surface area (Å²) in [4.78, 5) is 24.3. The molecule has 0 N–H and O–H groups in total. The van der Waals surface area contributed by atoms with Gasteiger partial charge in [-0.15, -0.1) is 13.2 Å². The fraction of sp³-hybridized carbons (Fsp3) is 0.368. The molecule has 0 fully saturated rings. The van der Waals surface area contributed by atoms with E-state index in [1.165, 1.54) is 0 Å². The van der Waals surface area contributed by atoms with Crippen molar-refractivity contribution in [2.45, 2.75) is 26.2 Å². The van der Waals surface area contributed by atoms with Crippen LogP contribution in [-0.4, -0.2) is 25.2 Å². The highest BCUT2D eigenvalue weighted by Crippen LogP contribution is 2.14. The SMILES string of the molecule is C=CCC(C=C)COC(=O)c1ccccc1C(=O)OCCCC. The van der Waals surface area contributed by atoms with E-state index in [9.17, 15) is 9.59 Å². The van der Waals surface area contributed by atoms with Gasteiger partial charge in [0.15, 0.2) is 0 Å². The van der Waals surface area contributed by atoms with E-state index in [0.717, 1.165) is 12.8 Å². The van der Waals surface area contributed by atoms with E-state index in [2.05, 4.69) is 13.2 Å². The second-order valence-electron chi connectivity index (χ2n) is 5.15. The molecule has 23 heavy (non-hydrogen) atoms. The normalized spacial score (nSPS) is 11.3. The van der Waals surface area contributed by atoms with Crippen LogP contribution in [0.15, 0.2) is 49.6 Å². The van der Waals surface area contributed by atoms with E-state index in [4.69, 9.17) is 9.47 Å². The second-order valence-corrected chi connectivity index (χ2v) is 5.15. The van der Waals surface area contributed by atoms with E-state index < -0.39 is 11.9 Å². The Morgan fingerprint density at radius 2 is 1.74 bits per heavy atom. The number of benzene rings is 1. The van der Waals surface area contributed by atoms with Crippen LogP contribution in [0.5, 0.6) is 0 Å². The quantitative estimate of drug-likeness (QED) is 0.369. The topological polar surface area (TPSA) is 52.6 Å². The third-order valence-electron chi connectivity index (χ3n) is 3.33. The standard InChI is InChI=1S/C19H24O4/c1-4-7-13-22-18(20)16-11-8-9-12-17(16)19(21)23-14-15(6-3)10-5-2/h5-6,8-9,11-12,15H,2-4,7,10,13-14H2,1H3. The van der Waals surface area contributed by atoms with E-state index in [1.54, 1.807) is 36.4 Å². The summed E-state index contributed by atoms with van der Waals surface area (Å²) in [6, 6.07) is 6.51. The summed E-state index contributed by atoms with van der Waals surface area (Å²) in [5, 5.41) is 0. The van der Waals surface area contributed by atoms with Crippen molar-refractivity contribution in [3.8, 4) is 0 Å². The average molecular weight is 316 g/mol. The van der Waals surface area contributed by atoms with Crippen molar-refractivity contribution in [3.05, 3.63) is 60.7 Å². The Hall–Kier alpha value is -2.36. The molecule has 0 aliphatic heterocycles. The van der Waals surface area contributed by atoms with Gasteiger partial charge in [0.25, 0.3) is 0 Å². The van der Waals surface area contributed by atoms with Gasteiger partial charge in [-0.2, -0.15) is 0 Å². The molecule has 0 aromatic heterocycles. The van der Waals surface area contributed by atoms with Gasteiger partial charge in [-0.25, -0.2) is 9.59 Å². The van der Waals surface area contributed by atoms with Crippen molar-refractivity contribution >= 4 is 11.9 Å². The fourth-order valence-corrected chi connectivity index (χ4v) is 1.93. The van der Waals surface area contributed by atoms with Crippen LogP contribution < -0.4 is 0 Å². The van der Waals surface area contributed by atoms with Gasteiger partial charge < -0.3 is 9.47 Å². The lowest BCUT2D eigenvalue weighted by atomic mass is 10.1. The average Bonchev–Trinajstić information content (AvgIpc) is 2.58. The first-order valence-electron chi connectivity index (χ1n) is 7.80. The Labute approximate surface area is 137 Å². The number of rotatable bonds is 10. The molecule has 0 saturated heterocycles. The monoisotopic (exact) mass is 316 g/mol. The van der Waals surface area contributed by atoms with Gasteiger partial charge in [0.2, 0.25) is 0 Å². The molecule has 0 amide bonds. The van der Waals surface area contributed by atoms with Crippen LogP contribution in [0.4, 0.5) is 0 Å². The molecular formula is C19H24O4. The van der Waals surface area contributed by atoms with E-state index in [0.29, 0.717) is 13.0 Å². The minimum atomic E-state index is -0.538. The lowest BCUT2D eigenvalue weighted by molar-refractivity contribution is 0.0433. The van der Waals surface area contributed by atoms with Crippen molar-refractivity contribution < 1.29 is 19.1 Å². The highest BCUT2D eigenvalue weighted by atomic mass is 16.5. The lowest BCUT2D eigenvalue weighted by Crippen LogP contribution is -2.17. The summed E-state index contributed by atoms with van der Waals surface area (Å²) in [7, 11) is 0. The van der Waals surface area contributed by atoms with Gasteiger partial charge in [-0.3, -0.25) is 0 Å². The molecule has 0 aliphatic carbocycles. The van der Waals surface area contributed by atoms with Crippen LogP contribution in [0.1, 0.15) is 46.9 Å². The summed E-state index contributed by atoms with van der Waals surface area (Å²) < 4.78 is 10.5. The Bertz CT molecular complexity index is 548. The first kappa shape index (κ1) is 18.7. The number of hydrogen-bond donors (Lipinski definition) is 0. The van der Waals surface area contributed by atoms with Crippen LogP contribution in [0.25, 0.3) is 0 Å². The summed E-state index contributed by atoms with van der Waals surface area (Å²) in [5.41, 5.74) is 0.447. The molecule has 0 spiro atoms. The molecule has 1 aromatic carbocycles. The fourth-order valence-electron chi connectivity index (χ4n) is 1.93. The zero-order valence-electron chi connectivity index (χ0n) is 13.6. The number of ether oxygens (including phenoxy) is 2. The number of esters is 2. The van der Waals surface area contributed by atoms with Crippen molar-refractivity contribution in [2.75, 3.05) is 13.2 Å². The Morgan fingerprint density at radius 1 is 1.13 bits per heavy atom. The summed E-state index contributed by atoms with van der Waals surface area (Å²) >= 11 is 0. The first-order chi connectivity index (χ1) is 11.1. The minimum absolute atomic E-state index is 0.0140. The second kappa shape index (κ2) is 10.4. The van der Waals surface area contributed by atoms with Crippen LogP contribution >= 0.6 is 0 Å². The van der Waals surface area contributed by atoms with Gasteiger partial charge in [-0.1, -0.05) is 37.6 Å². The van der Waals surface area contributed by atoms with Gasteiger partial charge in [-0.05, 0) is 25.0 Å². The number of carbonyl (C=O) groups is 2. The van der Waals surface area contributed by atoms with Crippen molar-refractivity contribution in [3.63, 3.8) is 0 Å². The highest BCUT2D eigenvalue weighted by molar-refractivity contribution is 6.03. The van der Waals surface area contributed by atoms with Crippen molar-refractivity contribution in [1.82, 2.24) is 0 Å². The third kappa shape index (κ3) is 6.10. The lowest BCUT2D eigenvalue weighted by Gasteiger charge is -2.12. The number of hydrogen-bond acceptors (Lipinski definition) is 4. The summed E-state index contributed by atoms with van der Waals surface area (Å²) in [5.74, 6) is -1.03. The molecule has 0 bridgehead atoms. The molecule has 1 atom stereocenters. The number of allylic oxidation sites excluding steroid dienone is 1. The smallest absolute Gasteiger partial charge is 0.339 e. The van der Waals surface area contributed by atoms with Gasteiger partial charge >= 0.3 is 11.9 Å². The zero-order valence-corrected chi connectivity index (χ0v) is 13.6. The van der Waals surface area contributed by atoms with E-state index in [-0.39, 0.29) is 23.7 Å². The van der Waals surface area contributed by atoms with Crippen LogP contribution in [0, 0.1) is 5.92 Å². The molecule has 124 valence electrons. The molecule has 0 aliphatic rings. The molecular weight excluding hydrogens is 292 g/mol. The van der Waals surface area contributed by atoms with Gasteiger partial charge in [0.1, 0.15) is 0 Å². The Balaban J connectivity index is 2.75. The van der Waals surface area contributed by atoms with Crippen molar-refractivity contribution in [2.24, 2.45) is 5.92 Å². The first-order valence-corrected chi connectivity index (χ1v) is 7.80. The zero-order chi connectivity index (χ0) is 17.1. The molecule has 4 heteroatoms. The maximum Gasteiger partial charge on any atom is 0.339 e. The van der Waals surface area contributed by atoms with Crippen LogP contribution in [0.2, 0.25) is 0 Å². The predicted octanol–water partition coefficient (Wildman–Crippen LogP) is 4.18. The molecule has 0 radical (unpaired) electrons. The number of carbonyl (C=O) groups excluding carboxylic acids is 2. The molecule has 0 heterocycles. The summed E-state index contributed by atoms with van der Waals surface area (Å²) in [6.45, 7) is 9.92. The van der Waals surface area contributed by atoms with Crippen LogP contribution in [0.3, 0.4) is 0 Å². The largest absolute Gasteiger partial charge is 0.462 e. The van der Waals surface area contributed by atoms with Gasteiger partial charge in [0.05, 0.1) is 24.3 Å². The third-order valence-corrected chi connectivity index (χ3v) is 3.33. The maximum absolute atomic E-state index is 12.2. The number of unbranched alkanes of at least 4 members (excludes halogenated alkanes) is 1. The molecule has 1 unspecified atom stereocenters. The Morgan fingerprint density at radius 3 is 2.26 bits per heavy atom. The maximum atomic E-state index is 12.2. The van der Waals surface area contributed by atoms with Crippen LogP contribution in [-0.2, 0) is 9.47 Å².